The smallest absolute Gasteiger partial charge is 0.277 e. The Morgan fingerprint density at radius 1 is 0.486 bits per heavy atom. The fourth-order valence-electron chi connectivity index (χ4n) is 11.8. The highest BCUT2D eigenvalue weighted by molar-refractivity contribution is 7.40. The summed E-state index contributed by atoms with van der Waals surface area (Å²) in [6, 6.07) is 49.9. The molecule has 0 spiro atoms. The summed E-state index contributed by atoms with van der Waals surface area (Å²) in [5.41, 5.74) is 21.6. The summed E-state index contributed by atoms with van der Waals surface area (Å²) in [5.74, 6) is 2.03. The number of para-hydroxylation sites is 2. The van der Waals surface area contributed by atoms with E-state index in [0.717, 1.165) is 44.6 Å². The lowest BCUT2D eigenvalue weighted by molar-refractivity contribution is 0.591. The molecule has 7 aromatic carbocycles. The van der Waals surface area contributed by atoms with Gasteiger partial charge in [-0.3, -0.25) is 0 Å². The zero-order valence-electron chi connectivity index (χ0n) is 43.4. The molecule has 6 heterocycles. The number of rotatable bonds is 5. The van der Waals surface area contributed by atoms with E-state index in [9.17, 15) is 0 Å². The summed E-state index contributed by atoms with van der Waals surface area (Å²) in [5, 5.41) is 4.84. The summed E-state index contributed by atoms with van der Waals surface area (Å²) in [6.07, 6.45) is 0. The molecule has 0 saturated carbocycles. The Balaban J connectivity index is 1.17. The van der Waals surface area contributed by atoms with Crippen LogP contribution in [0.25, 0.3) is 64.8 Å². The van der Waals surface area contributed by atoms with Gasteiger partial charge in [-0.05, 0) is 150 Å². The molecule has 0 atom stereocenters. The fraction of sp³-hybridized carbons (Fsp3) is 0.231. The number of fused-ring (bicyclic) bond motifs is 10. The molecule has 4 aromatic heterocycles. The van der Waals surface area contributed by atoms with E-state index in [2.05, 4.69) is 226 Å². The Labute approximate surface area is 431 Å². The van der Waals surface area contributed by atoms with Crippen LogP contribution in [0.1, 0.15) is 100 Å². The molecule has 4 nitrogen and oxygen atoms in total. The first-order valence-electron chi connectivity index (χ1n) is 25.5. The lowest BCUT2D eigenvalue weighted by Gasteiger charge is -2.44. The highest BCUT2D eigenvalue weighted by Crippen LogP contribution is 2.55. The minimum absolute atomic E-state index is 0.00183. The van der Waals surface area contributed by atoms with Gasteiger partial charge in [0.25, 0.3) is 6.71 Å². The van der Waals surface area contributed by atoms with Crippen molar-refractivity contribution < 1.29 is 8.83 Å². The zero-order valence-corrected chi connectivity index (χ0v) is 45.0. The van der Waals surface area contributed by atoms with Gasteiger partial charge in [0.1, 0.15) is 22.7 Å². The Bertz CT molecular complexity index is 3750. The fourth-order valence-corrected chi connectivity index (χ4v) is 14.5. The predicted molar refractivity (Wildman–Crippen MR) is 312 cm³/mol. The Morgan fingerprint density at radius 2 is 0.917 bits per heavy atom. The van der Waals surface area contributed by atoms with Crippen LogP contribution in [0.3, 0.4) is 0 Å². The first kappa shape index (κ1) is 45.1. The van der Waals surface area contributed by atoms with E-state index in [4.69, 9.17) is 8.83 Å². The monoisotopic (exact) mass is 974 g/mol. The second kappa shape index (κ2) is 15.9. The van der Waals surface area contributed by atoms with Crippen LogP contribution in [0.4, 0.5) is 34.1 Å². The number of hydrogen-bond donors (Lipinski definition) is 0. The predicted octanol–water partition coefficient (Wildman–Crippen LogP) is 18.0. The van der Waals surface area contributed by atoms with E-state index >= 15 is 0 Å². The number of aryl methyl sites for hydroxylation is 2. The van der Waals surface area contributed by atoms with Gasteiger partial charge in [-0.1, -0.05) is 128 Å². The second-order valence-corrected chi connectivity index (χ2v) is 25.1. The number of anilines is 6. The maximum Gasteiger partial charge on any atom is 0.277 e. The molecule has 0 unspecified atom stereocenters. The lowest BCUT2D eigenvalue weighted by Crippen LogP contribution is -2.59. The summed E-state index contributed by atoms with van der Waals surface area (Å²) < 4.78 is 18.8. The van der Waals surface area contributed by atoms with E-state index in [1.165, 1.54) is 108 Å². The van der Waals surface area contributed by atoms with Crippen molar-refractivity contribution in [1.82, 2.24) is 0 Å². The van der Waals surface area contributed by atoms with Crippen LogP contribution in [0.2, 0.25) is 0 Å². The normalized spacial score (nSPS) is 13.6. The lowest BCUT2D eigenvalue weighted by atomic mass is 9.39. The first-order valence-corrected chi connectivity index (χ1v) is 27.2. The van der Waals surface area contributed by atoms with Gasteiger partial charge in [0.05, 0.1) is 22.7 Å². The third-order valence-electron chi connectivity index (χ3n) is 15.8. The average molecular weight is 975 g/mol. The molecule has 2 aliphatic heterocycles. The van der Waals surface area contributed by atoms with Gasteiger partial charge in [0.2, 0.25) is 0 Å². The van der Waals surface area contributed by atoms with Crippen molar-refractivity contribution in [1.29, 1.82) is 0 Å². The van der Waals surface area contributed by atoms with Crippen LogP contribution in [0, 0.1) is 27.7 Å². The summed E-state index contributed by atoms with van der Waals surface area (Å²) in [7, 11) is 0. The van der Waals surface area contributed by atoms with Gasteiger partial charge < -0.3 is 18.6 Å². The van der Waals surface area contributed by atoms with Gasteiger partial charge in [-0.25, -0.2) is 0 Å². The van der Waals surface area contributed by atoms with Crippen molar-refractivity contribution in [3.8, 4) is 22.6 Å². The third-order valence-corrected chi connectivity index (χ3v) is 18.2. The molecule has 0 radical (unpaired) electrons. The number of furan rings is 2. The largest absolute Gasteiger partial charge is 0.456 e. The van der Waals surface area contributed by atoms with E-state index in [1.54, 1.807) is 0 Å². The molecular weight excluding hydrogens is 916 g/mol. The summed E-state index contributed by atoms with van der Waals surface area (Å²) in [4.78, 5) is 5.38. The number of benzene rings is 7. The van der Waals surface area contributed by atoms with Crippen molar-refractivity contribution in [2.45, 2.75) is 99.8 Å². The number of nitrogens with zero attached hydrogens (tertiary/aromatic N) is 2. The number of thiophene rings is 2. The SMILES string of the molecule is Cc1ccc(-c2cc3ccccc3o2)c(C)c1N1c2cc(C(C)C)cc3c2B(c2sc4ccc(C(C)(C)C)cc4c21)c1sc2ccc(C(C)(C)C)cc2c1N3c1c(C)ccc(-c2cc3ccccc3o2)c1C. The Morgan fingerprint density at radius 3 is 1.32 bits per heavy atom. The van der Waals surface area contributed by atoms with E-state index in [-0.39, 0.29) is 23.5 Å². The molecule has 0 amide bonds. The number of hydrogen-bond acceptors (Lipinski definition) is 6. The molecule has 7 heteroatoms. The first-order chi connectivity index (χ1) is 34.4. The molecule has 0 N–H and O–H groups in total. The van der Waals surface area contributed by atoms with Gasteiger partial charge in [0, 0.05) is 63.0 Å². The van der Waals surface area contributed by atoms with Gasteiger partial charge in [0.15, 0.2) is 0 Å². The minimum atomic E-state index is -0.0349. The topological polar surface area (TPSA) is 32.8 Å². The molecule has 72 heavy (non-hydrogen) atoms. The minimum Gasteiger partial charge on any atom is -0.456 e. The van der Waals surface area contributed by atoms with Crippen LogP contribution in [-0.2, 0) is 10.8 Å². The van der Waals surface area contributed by atoms with Crippen LogP contribution < -0.4 is 24.8 Å². The van der Waals surface area contributed by atoms with Crippen LogP contribution in [0.5, 0.6) is 0 Å². The van der Waals surface area contributed by atoms with E-state index in [0.29, 0.717) is 0 Å². The molecule has 356 valence electrons. The van der Waals surface area contributed by atoms with Crippen molar-refractivity contribution in [2.75, 3.05) is 9.80 Å². The maximum absolute atomic E-state index is 6.69. The highest BCUT2D eigenvalue weighted by Gasteiger charge is 2.48. The van der Waals surface area contributed by atoms with E-state index in [1.807, 2.05) is 22.7 Å². The van der Waals surface area contributed by atoms with Crippen molar-refractivity contribution >= 4 is 121 Å². The Hall–Kier alpha value is -6.80. The van der Waals surface area contributed by atoms with Gasteiger partial charge >= 0.3 is 0 Å². The average Bonchev–Trinajstić information content (AvgIpc) is 4.14. The highest BCUT2D eigenvalue weighted by atomic mass is 32.1. The van der Waals surface area contributed by atoms with Crippen molar-refractivity contribution in [3.63, 3.8) is 0 Å². The molecule has 0 bridgehead atoms. The third kappa shape index (κ3) is 6.69. The van der Waals surface area contributed by atoms with Crippen molar-refractivity contribution in [2.24, 2.45) is 0 Å². The molecule has 2 aliphatic rings. The summed E-state index contributed by atoms with van der Waals surface area (Å²) >= 11 is 3.97. The molecular formula is C65H59BN2O2S2. The van der Waals surface area contributed by atoms with Gasteiger partial charge in [-0.2, -0.15) is 0 Å². The second-order valence-electron chi connectivity index (χ2n) is 22.9. The quantitative estimate of drug-likeness (QED) is 0.161. The van der Waals surface area contributed by atoms with Crippen LogP contribution in [0.15, 0.2) is 142 Å². The molecule has 13 rings (SSSR count). The maximum atomic E-state index is 6.69. The molecule has 0 fully saturated rings. The van der Waals surface area contributed by atoms with Crippen molar-refractivity contribution in [3.05, 3.63) is 172 Å². The standard InChI is InChI=1S/C65H59BN2O2S2/c1-35(2)42-29-49-57-50(30-42)68(59-37(4)22-26-46(39(59)6)54-32-41-18-14-16-20-52(41)70-54)61-48-34-44(65(10,11)12)24-28-56(48)72-63(61)66(57)62-60(47-33-43(64(7,8)9)23-27-55(47)71-62)67(49)58-36(3)21-25-45(38(58)5)53-31-40-17-13-15-19-51(40)69-53/h13-35H,1-12H3. The zero-order chi connectivity index (χ0) is 49.9. The molecule has 11 aromatic rings. The molecule has 0 saturated heterocycles. The van der Waals surface area contributed by atoms with Crippen LogP contribution in [-0.4, -0.2) is 6.71 Å². The van der Waals surface area contributed by atoms with Gasteiger partial charge in [-0.15, -0.1) is 22.7 Å². The van der Waals surface area contributed by atoms with Crippen LogP contribution >= 0.6 is 22.7 Å². The van der Waals surface area contributed by atoms with E-state index < -0.39 is 0 Å². The Kier molecular flexibility index (Phi) is 9.93. The summed E-state index contributed by atoms with van der Waals surface area (Å²) in [6.45, 7) is 27.9. The molecule has 0 aliphatic carbocycles.